The number of para-hydroxylation sites is 1. The van der Waals surface area contributed by atoms with Gasteiger partial charge in [0.2, 0.25) is 0 Å². The maximum atomic E-state index is 5.79. The highest BCUT2D eigenvalue weighted by atomic mass is 127. The number of methoxy groups -OCH3 is 1. The average molecular weight is 538 g/mol. The van der Waals surface area contributed by atoms with Gasteiger partial charge in [0.15, 0.2) is 5.96 Å². The Kier molecular flexibility index (Phi) is 10.9. The number of aliphatic imine (C=N–C) groups is 1. The summed E-state index contributed by atoms with van der Waals surface area (Å²) in [7, 11) is 3.47. The van der Waals surface area contributed by atoms with Crippen LogP contribution in [0.5, 0.6) is 5.75 Å². The van der Waals surface area contributed by atoms with E-state index in [4.69, 9.17) is 9.47 Å². The lowest BCUT2D eigenvalue weighted by Gasteiger charge is -2.22. The lowest BCUT2D eigenvalue weighted by molar-refractivity contribution is 0.123. The molecule has 0 radical (unpaired) electrons. The number of benzene rings is 2. The van der Waals surface area contributed by atoms with Crippen molar-refractivity contribution in [1.29, 1.82) is 0 Å². The van der Waals surface area contributed by atoms with Crippen molar-refractivity contribution in [3.8, 4) is 5.75 Å². The summed E-state index contributed by atoms with van der Waals surface area (Å²) < 4.78 is 11.1. The molecule has 31 heavy (non-hydrogen) atoms. The second-order valence-electron chi connectivity index (χ2n) is 7.52. The minimum atomic E-state index is 0. The van der Waals surface area contributed by atoms with Crippen LogP contribution in [0.1, 0.15) is 36.9 Å². The molecule has 1 atom stereocenters. The number of hydrogen-bond acceptors (Lipinski definition) is 4. The molecule has 7 heteroatoms. The smallest absolute Gasteiger partial charge is 0.191 e. The van der Waals surface area contributed by atoms with Crippen molar-refractivity contribution in [2.45, 2.75) is 32.4 Å². The highest BCUT2D eigenvalue weighted by Gasteiger charge is 2.14. The predicted molar refractivity (Wildman–Crippen MR) is 139 cm³/mol. The summed E-state index contributed by atoms with van der Waals surface area (Å²) in [6.45, 7) is 6.26. The quantitative estimate of drug-likeness (QED) is 0.215. The van der Waals surface area contributed by atoms with Crippen molar-refractivity contribution in [3.63, 3.8) is 0 Å². The standard InChI is InChI=1S/C24H34N4O2.HI/c1-19(20-10-8-11-22(17-20)28-14-6-7-15-28)27-24(25-2)26-13-16-30-18-21-9-4-5-12-23(21)29-3;/h4-5,8-12,17,19H,6-7,13-16,18H2,1-3H3,(H2,25,26,27);1H. The number of nitrogens with zero attached hydrogens (tertiary/aromatic N) is 2. The fourth-order valence-electron chi connectivity index (χ4n) is 3.70. The number of anilines is 1. The average Bonchev–Trinajstić information content (AvgIpc) is 3.33. The van der Waals surface area contributed by atoms with E-state index in [9.17, 15) is 0 Å². The van der Waals surface area contributed by atoms with Gasteiger partial charge < -0.3 is 25.0 Å². The first-order valence-corrected chi connectivity index (χ1v) is 10.7. The summed E-state index contributed by atoms with van der Waals surface area (Å²) in [6, 6.07) is 16.9. The van der Waals surface area contributed by atoms with Gasteiger partial charge in [-0.15, -0.1) is 24.0 Å². The molecular weight excluding hydrogens is 503 g/mol. The summed E-state index contributed by atoms with van der Waals surface area (Å²) >= 11 is 0. The predicted octanol–water partition coefficient (Wildman–Crippen LogP) is 4.36. The lowest BCUT2D eigenvalue weighted by Crippen LogP contribution is -2.40. The van der Waals surface area contributed by atoms with E-state index in [0.29, 0.717) is 19.8 Å². The van der Waals surface area contributed by atoms with E-state index < -0.39 is 0 Å². The third-order valence-corrected chi connectivity index (χ3v) is 5.41. The highest BCUT2D eigenvalue weighted by molar-refractivity contribution is 14.0. The van der Waals surface area contributed by atoms with E-state index in [-0.39, 0.29) is 30.0 Å². The Labute approximate surface area is 203 Å². The number of ether oxygens (including phenoxy) is 2. The molecule has 1 fully saturated rings. The largest absolute Gasteiger partial charge is 0.496 e. The van der Waals surface area contributed by atoms with Crippen LogP contribution >= 0.6 is 24.0 Å². The van der Waals surface area contributed by atoms with Gasteiger partial charge >= 0.3 is 0 Å². The molecule has 1 unspecified atom stereocenters. The topological polar surface area (TPSA) is 58.1 Å². The van der Waals surface area contributed by atoms with Gasteiger partial charge in [0.1, 0.15) is 5.75 Å². The van der Waals surface area contributed by atoms with Gasteiger partial charge in [-0.2, -0.15) is 0 Å². The third-order valence-electron chi connectivity index (χ3n) is 5.41. The molecule has 1 aliphatic rings. The zero-order valence-corrected chi connectivity index (χ0v) is 21.1. The highest BCUT2D eigenvalue weighted by Crippen LogP contribution is 2.24. The molecule has 1 heterocycles. The Morgan fingerprint density at radius 2 is 1.90 bits per heavy atom. The molecule has 0 aromatic heterocycles. The second-order valence-corrected chi connectivity index (χ2v) is 7.52. The van der Waals surface area contributed by atoms with Crippen LogP contribution in [0, 0.1) is 0 Å². The Hall–Kier alpha value is -2.00. The zero-order chi connectivity index (χ0) is 21.2. The molecule has 0 spiro atoms. The summed E-state index contributed by atoms with van der Waals surface area (Å²) in [4.78, 5) is 6.81. The van der Waals surface area contributed by atoms with E-state index in [1.54, 1.807) is 14.2 Å². The molecule has 0 aliphatic carbocycles. The van der Waals surface area contributed by atoms with Crippen molar-refractivity contribution < 1.29 is 9.47 Å². The molecule has 0 amide bonds. The Bertz CT molecular complexity index is 825. The van der Waals surface area contributed by atoms with Crippen LogP contribution in [0.15, 0.2) is 53.5 Å². The lowest BCUT2D eigenvalue weighted by atomic mass is 10.1. The number of hydrogen-bond donors (Lipinski definition) is 2. The minimum Gasteiger partial charge on any atom is -0.496 e. The van der Waals surface area contributed by atoms with Crippen molar-refractivity contribution in [3.05, 3.63) is 59.7 Å². The van der Waals surface area contributed by atoms with Gasteiger partial charge in [0.25, 0.3) is 0 Å². The molecular formula is C24H35IN4O2. The van der Waals surface area contributed by atoms with E-state index >= 15 is 0 Å². The molecule has 6 nitrogen and oxygen atoms in total. The maximum absolute atomic E-state index is 5.79. The molecule has 2 N–H and O–H groups in total. The van der Waals surface area contributed by atoms with Crippen LogP contribution in [0.3, 0.4) is 0 Å². The first-order valence-electron chi connectivity index (χ1n) is 10.7. The van der Waals surface area contributed by atoms with Crippen LogP contribution < -0.4 is 20.3 Å². The van der Waals surface area contributed by atoms with E-state index in [2.05, 4.69) is 51.7 Å². The van der Waals surface area contributed by atoms with Crippen molar-refractivity contribution >= 4 is 35.6 Å². The van der Waals surface area contributed by atoms with Gasteiger partial charge in [-0.25, -0.2) is 0 Å². The van der Waals surface area contributed by atoms with E-state index in [0.717, 1.165) is 30.4 Å². The zero-order valence-electron chi connectivity index (χ0n) is 18.8. The van der Waals surface area contributed by atoms with Crippen LogP contribution in [-0.4, -0.2) is 46.4 Å². The van der Waals surface area contributed by atoms with Crippen LogP contribution in [-0.2, 0) is 11.3 Å². The van der Waals surface area contributed by atoms with E-state index in [1.165, 1.54) is 24.1 Å². The van der Waals surface area contributed by atoms with Gasteiger partial charge in [-0.3, -0.25) is 4.99 Å². The first-order chi connectivity index (χ1) is 14.7. The SMILES string of the molecule is CN=C(NCCOCc1ccccc1OC)NC(C)c1cccc(N2CCCC2)c1.I. The van der Waals surface area contributed by atoms with Crippen LogP contribution in [0.25, 0.3) is 0 Å². The molecule has 1 aliphatic heterocycles. The fraction of sp³-hybridized carbons (Fsp3) is 0.458. The van der Waals surface area contributed by atoms with Crippen molar-refractivity contribution in [2.75, 3.05) is 45.3 Å². The van der Waals surface area contributed by atoms with Crippen LogP contribution in [0.4, 0.5) is 5.69 Å². The molecule has 0 bridgehead atoms. The second kappa shape index (κ2) is 13.4. The fourth-order valence-corrected chi connectivity index (χ4v) is 3.70. The van der Waals surface area contributed by atoms with Gasteiger partial charge in [-0.1, -0.05) is 30.3 Å². The molecule has 1 saturated heterocycles. The molecule has 2 aromatic rings. The Morgan fingerprint density at radius 1 is 1.13 bits per heavy atom. The van der Waals surface area contributed by atoms with Crippen molar-refractivity contribution in [1.82, 2.24) is 10.6 Å². The van der Waals surface area contributed by atoms with Crippen molar-refractivity contribution in [2.24, 2.45) is 4.99 Å². The summed E-state index contributed by atoms with van der Waals surface area (Å²) in [6.07, 6.45) is 2.57. The summed E-state index contributed by atoms with van der Waals surface area (Å²) in [5.74, 6) is 1.63. The van der Waals surface area contributed by atoms with E-state index in [1.807, 2.05) is 24.3 Å². The number of guanidine groups is 1. The monoisotopic (exact) mass is 538 g/mol. The molecule has 2 aromatic carbocycles. The molecule has 170 valence electrons. The van der Waals surface area contributed by atoms with Gasteiger partial charge in [0.05, 0.1) is 26.4 Å². The summed E-state index contributed by atoms with van der Waals surface area (Å²) in [5.41, 5.74) is 3.62. The third kappa shape index (κ3) is 7.57. The maximum Gasteiger partial charge on any atom is 0.191 e. The van der Waals surface area contributed by atoms with Gasteiger partial charge in [-0.05, 0) is 43.5 Å². The number of rotatable bonds is 9. The minimum absolute atomic E-state index is 0. The van der Waals surface area contributed by atoms with Crippen LogP contribution in [0.2, 0.25) is 0 Å². The number of halogens is 1. The summed E-state index contributed by atoms with van der Waals surface area (Å²) in [5, 5.41) is 6.80. The number of nitrogens with one attached hydrogen (secondary N) is 2. The van der Waals surface area contributed by atoms with Gasteiger partial charge in [0, 0.05) is 37.9 Å². The Balaban J connectivity index is 0.00000341. The normalized spacial score (nSPS) is 14.7. The molecule has 3 rings (SSSR count). The molecule has 0 saturated carbocycles. The first kappa shape index (κ1) is 25.3. The Morgan fingerprint density at radius 3 is 2.65 bits per heavy atom.